The maximum absolute atomic E-state index is 14.3. The number of carbonyl (C=O) groups is 2. The fourth-order valence-corrected chi connectivity index (χ4v) is 3.67. The van der Waals surface area contributed by atoms with Crippen molar-refractivity contribution >= 4 is 42.2 Å². The number of hydrogen-bond acceptors (Lipinski definition) is 4. The van der Waals surface area contributed by atoms with Crippen molar-refractivity contribution in [3.8, 4) is 0 Å². The summed E-state index contributed by atoms with van der Waals surface area (Å²) in [6.07, 6.45) is 3.53. The molecule has 0 bridgehead atoms. The first-order chi connectivity index (χ1) is 11.4. The van der Waals surface area contributed by atoms with Crippen LogP contribution in [0.15, 0.2) is 18.2 Å². The van der Waals surface area contributed by atoms with E-state index in [0.717, 1.165) is 25.7 Å². The Balaban J connectivity index is 0.00000169. The van der Waals surface area contributed by atoms with Gasteiger partial charge in [0.25, 0.3) is 0 Å². The highest BCUT2D eigenvalue weighted by Gasteiger charge is 2.40. The van der Waals surface area contributed by atoms with Gasteiger partial charge in [0.1, 0.15) is 5.82 Å². The number of Topliss-reactive ketones (excluding diaryl/α,β-unsaturated/α-hetero) is 1. The van der Waals surface area contributed by atoms with E-state index in [0.29, 0.717) is 37.4 Å². The number of benzene rings is 1. The zero-order chi connectivity index (χ0) is 17.3. The average Bonchev–Trinajstić information content (AvgIpc) is 3.02. The number of nitrogens with zero attached hydrogens (tertiary/aromatic N) is 2. The number of rotatable bonds is 3. The van der Waals surface area contributed by atoms with Crippen LogP contribution in [0, 0.1) is 5.82 Å². The molecule has 1 aliphatic heterocycles. The summed E-state index contributed by atoms with van der Waals surface area (Å²) in [6, 6.07) is 4.57. The van der Waals surface area contributed by atoms with Gasteiger partial charge in [-0.2, -0.15) is 0 Å². The second kappa shape index (κ2) is 9.02. The Morgan fingerprint density at radius 1 is 1.08 bits per heavy atom. The molecular formula is C18H26Cl2FN3O2. The molecule has 2 fully saturated rings. The Morgan fingerprint density at radius 3 is 2.15 bits per heavy atom. The van der Waals surface area contributed by atoms with Gasteiger partial charge < -0.3 is 15.5 Å². The molecule has 1 aromatic carbocycles. The quantitative estimate of drug-likeness (QED) is 0.784. The number of carbonyl (C=O) groups excluding carboxylic acids is 2. The largest absolute Gasteiger partial charge is 0.366 e. The number of ketones is 1. The molecule has 0 unspecified atom stereocenters. The number of nitrogens with two attached hydrogens (primary N) is 1. The lowest BCUT2D eigenvalue weighted by atomic mass is 9.97. The Labute approximate surface area is 165 Å². The van der Waals surface area contributed by atoms with Crippen LogP contribution in [0.3, 0.4) is 0 Å². The molecule has 1 saturated heterocycles. The van der Waals surface area contributed by atoms with Crippen LogP contribution in [0.25, 0.3) is 0 Å². The van der Waals surface area contributed by atoms with Crippen molar-refractivity contribution < 1.29 is 14.0 Å². The number of amides is 1. The normalized spacial score (nSPS) is 18.7. The summed E-state index contributed by atoms with van der Waals surface area (Å²) >= 11 is 0. The topological polar surface area (TPSA) is 66.6 Å². The monoisotopic (exact) mass is 405 g/mol. The van der Waals surface area contributed by atoms with Gasteiger partial charge in [-0.15, -0.1) is 24.8 Å². The van der Waals surface area contributed by atoms with Crippen molar-refractivity contribution in [1.29, 1.82) is 0 Å². The van der Waals surface area contributed by atoms with Crippen molar-refractivity contribution in [2.75, 3.05) is 31.1 Å². The molecule has 1 heterocycles. The molecule has 1 aliphatic carbocycles. The van der Waals surface area contributed by atoms with Gasteiger partial charge >= 0.3 is 0 Å². The Kier molecular flexibility index (Phi) is 7.86. The molecule has 3 rings (SSSR count). The lowest BCUT2D eigenvalue weighted by Gasteiger charge is -2.39. The van der Waals surface area contributed by atoms with Crippen molar-refractivity contribution in [2.45, 2.75) is 38.1 Å². The second-order valence-corrected chi connectivity index (χ2v) is 6.86. The van der Waals surface area contributed by atoms with Gasteiger partial charge in [0.2, 0.25) is 5.91 Å². The van der Waals surface area contributed by atoms with E-state index in [4.69, 9.17) is 5.73 Å². The van der Waals surface area contributed by atoms with Gasteiger partial charge in [-0.05, 0) is 38.0 Å². The van der Waals surface area contributed by atoms with E-state index >= 15 is 0 Å². The first-order valence-corrected chi connectivity index (χ1v) is 8.54. The first-order valence-electron chi connectivity index (χ1n) is 8.54. The van der Waals surface area contributed by atoms with E-state index in [1.165, 1.54) is 13.0 Å². The maximum atomic E-state index is 14.3. The summed E-state index contributed by atoms with van der Waals surface area (Å²) < 4.78 is 14.3. The van der Waals surface area contributed by atoms with Crippen LogP contribution >= 0.6 is 24.8 Å². The van der Waals surface area contributed by atoms with Crippen molar-refractivity contribution in [1.82, 2.24) is 4.90 Å². The minimum Gasteiger partial charge on any atom is -0.366 e. The van der Waals surface area contributed by atoms with E-state index in [1.54, 1.807) is 12.1 Å². The minimum absolute atomic E-state index is 0. The molecule has 0 aromatic heterocycles. The van der Waals surface area contributed by atoms with Gasteiger partial charge in [-0.3, -0.25) is 9.59 Å². The standard InChI is InChI=1S/C18H24FN3O2.2ClH/c1-13(23)14-4-5-16(15(19)12-14)21-8-10-22(11-9-21)17(24)18(20)6-2-3-7-18;;/h4-5,12H,2-3,6-11,20H2,1H3;2*1H. The summed E-state index contributed by atoms with van der Waals surface area (Å²) in [6.45, 7) is 3.65. The number of hydrogen-bond donors (Lipinski definition) is 1. The molecule has 0 radical (unpaired) electrons. The van der Waals surface area contributed by atoms with Crippen LogP contribution in [0.1, 0.15) is 43.0 Å². The van der Waals surface area contributed by atoms with E-state index in [1.807, 2.05) is 9.80 Å². The molecule has 0 atom stereocenters. The molecule has 146 valence electrons. The second-order valence-electron chi connectivity index (χ2n) is 6.86. The SMILES string of the molecule is CC(=O)c1ccc(N2CCN(C(=O)C3(N)CCCC3)CC2)c(F)c1.Cl.Cl. The third-order valence-corrected chi connectivity index (χ3v) is 5.18. The Bertz CT molecular complexity index is 658. The average molecular weight is 406 g/mol. The molecule has 26 heavy (non-hydrogen) atoms. The Morgan fingerprint density at radius 2 is 1.65 bits per heavy atom. The highest BCUT2D eigenvalue weighted by atomic mass is 35.5. The van der Waals surface area contributed by atoms with Crippen LogP contribution in [0.5, 0.6) is 0 Å². The number of anilines is 1. The van der Waals surface area contributed by atoms with E-state index in [2.05, 4.69) is 0 Å². The zero-order valence-electron chi connectivity index (χ0n) is 14.9. The van der Waals surface area contributed by atoms with Gasteiger partial charge in [0.15, 0.2) is 5.78 Å². The van der Waals surface area contributed by atoms with E-state index < -0.39 is 11.4 Å². The molecule has 2 aliphatic rings. The van der Waals surface area contributed by atoms with E-state index in [-0.39, 0.29) is 36.5 Å². The molecule has 0 spiro atoms. The number of halogens is 3. The fraction of sp³-hybridized carbons (Fsp3) is 0.556. The summed E-state index contributed by atoms with van der Waals surface area (Å²) in [5.74, 6) is -0.513. The molecule has 5 nitrogen and oxygen atoms in total. The van der Waals surface area contributed by atoms with Crippen LogP contribution in [0.4, 0.5) is 10.1 Å². The molecular weight excluding hydrogens is 380 g/mol. The predicted octanol–water partition coefficient (Wildman–Crippen LogP) is 2.79. The molecule has 1 saturated carbocycles. The lowest BCUT2D eigenvalue weighted by molar-refractivity contribution is -0.137. The lowest BCUT2D eigenvalue weighted by Crippen LogP contribution is -2.58. The van der Waals surface area contributed by atoms with Crippen LogP contribution < -0.4 is 10.6 Å². The predicted molar refractivity (Wildman–Crippen MR) is 105 cm³/mol. The Hall–Kier alpha value is -1.37. The van der Waals surface area contributed by atoms with Gasteiger partial charge in [0, 0.05) is 31.7 Å². The third-order valence-electron chi connectivity index (χ3n) is 5.18. The minimum atomic E-state index is -0.698. The van der Waals surface area contributed by atoms with Crippen molar-refractivity contribution in [3.05, 3.63) is 29.6 Å². The van der Waals surface area contributed by atoms with Crippen LogP contribution in [0.2, 0.25) is 0 Å². The zero-order valence-corrected chi connectivity index (χ0v) is 16.5. The highest BCUT2D eigenvalue weighted by molar-refractivity contribution is 5.94. The summed E-state index contributed by atoms with van der Waals surface area (Å²) in [4.78, 5) is 27.7. The van der Waals surface area contributed by atoms with Gasteiger partial charge in [0.05, 0.1) is 11.2 Å². The van der Waals surface area contributed by atoms with Crippen LogP contribution in [-0.4, -0.2) is 48.3 Å². The maximum Gasteiger partial charge on any atom is 0.242 e. The fourth-order valence-electron chi connectivity index (χ4n) is 3.67. The summed E-state index contributed by atoms with van der Waals surface area (Å²) in [5.41, 5.74) is 6.41. The summed E-state index contributed by atoms with van der Waals surface area (Å²) in [7, 11) is 0. The smallest absolute Gasteiger partial charge is 0.242 e. The van der Waals surface area contributed by atoms with Crippen molar-refractivity contribution in [2.24, 2.45) is 5.73 Å². The molecule has 1 aromatic rings. The van der Waals surface area contributed by atoms with Crippen LogP contribution in [-0.2, 0) is 4.79 Å². The molecule has 8 heteroatoms. The van der Waals surface area contributed by atoms with Crippen molar-refractivity contribution in [3.63, 3.8) is 0 Å². The van der Waals surface area contributed by atoms with Gasteiger partial charge in [-0.1, -0.05) is 12.8 Å². The molecule has 1 amide bonds. The number of piperazine rings is 1. The molecule has 2 N–H and O–H groups in total. The third kappa shape index (κ3) is 4.48. The van der Waals surface area contributed by atoms with E-state index in [9.17, 15) is 14.0 Å². The summed E-state index contributed by atoms with van der Waals surface area (Å²) in [5, 5.41) is 0. The van der Waals surface area contributed by atoms with Gasteiger partial charge in [-0.25, -0.2) is 4.39 Å². The highest BCUT2D eigenvalue weighted by Crippen LogP contribution is 2.30. The first kappa shape index (κ1) is 22.7.